The number of hydrogen-bond donors (Lipinski definition) is 1. The molecule has 0 spiro atoms. The first kappa shape index (κ1) is 11.6. The summed E-state index contributed by atoms with van der Waals surface area (Å²) in [5.41, 5.74) is 2.70. The molecule has 2 rings (SSSR count). The summed E-state index contributed by atoms with van der Waals surface area (Å²) in [6.45, 7) is 5.97. The van der Waals surface area contributed by atoms with Crippen molar-refractivity contribution in [1.29, 1.82) is 0 Å². The van der Waals surface area contributed by atoms with Crippen molar-refractivity contribution in [3.63, 3.8) is 0 Å². The van der Waals surface area contributed by atoms with Gasteiger partial charge in [0.05, 0.1) is 5.69 Å². The second-order valence-electron chi connectivity index (χ2n) is 4.64. The fourth-order valence-electron chi connectivity index (χ4n) is 2.40. The molecule has 0 radical (unpaired) electrons. The Morgan fingerprint density at radius 3 is 3.12 bits per heavy atom. The zero-order chi connectivity index (χ0) is 11.4. The molecule has 1 N–H and O–H groups in total. The maximum absolute atomic E-state index is 5.34. The standard InChI is InChI=1S/C13H22N2O/c1-3-16-9-5-8-12-14-11-7-4-6-10(2)13(11)15-12/h10H,3-9H2,1-2H3,(H,14,15). The second-order valence-corrected chi connectivity index (χ2v) is 4.64. The van der Waals surface area contributed by atoms with Crippen LogP contribution in [0, 0.1) is 0 Å². The van der Waals surface area contributed by atoms with Gasteiger partial charge in [0, 0.05) is 31.2 Å². The zero-order valence-electron chi connectivity index (χ0n) is 10.4. The monoisotopic (exact) mass is 222 g/mol. The zero-order valence-corrected chi connectivity index (χ0v) is 10.4. The van der Waals surface area contributed by atoms with Crippen molar-refractivity contribution in [2.45, 2.75) is 51.9 Å². The number of aromatic amines is 1. The number of hydrogen-bond acceptors (Lipinski definition) is 2. The Labute approximate surface area is 97.6 Å². The fourth-order valence-corrected chi connectivity index (χ4v) is 2.40. The number of nitrogens with zero attached hydrogens (tertiary/aromatic N) is 1. The summed E-state index contributed by atoms with van der Waals surface area (Å²) in [4.78, 5) is 8.19. The molecular formula is C13H22N2O. The summed E-state index contributed by atoms with van der Waals surface area (Å²) in [5, 5.41) is 0. The van der Waals surface area contributed by atoms with E-state index < -0.39 is 0 Å². The van der Waals surface area contributed by atoms with Gasteiger partial charge in [0.15, 0.2) is 0 Å². The first-order chi connectivity index (χ1) is 7.81. The van der Waals surface area contributed by atoms with Gasteiger partial charge in [-0.05, 0) is 32.6 Å². The van der Waals surface area contributed by atoms with Crippen LogP contribution in [0.25, 0.3) is 0 Å². The van der Waals surface area contributed by atoms with E-state index in [4.69, 9.17) is 9.72 Å². The van der Waals surface area contributed by atoms with Gasteiger partial charge >= 0.3 is 0 Å². The van der Waals surface area contributed by atoms with Crippen molar-refractivity contribution >= 4 is 0 Å². The number of H-pyrrole nitrogens is 1. The molecule has 1 aromatic rings. The maximum atomic E-state index is 5.34. The topological polar surface area (TPSA) is 37.9 Å². The van der Waals surface area contributed by atoms with Gasteiger partial charge in [-0.2, -0.15) is 0 Å². The highest BCUT2D eigenvalue weighted by Gasteiger charge is 2.20. The van der Waals surface area contributed by atoms with Gasteiger partial charge in [-0.25, -0.2) is 4.98 Å². The summed E-state index contributed by atoms with van der Waals surface area (Å²) < 4.78 is 5.34. The van der Waals surface area contributed by atoms with Crippen LogP contribution in [0.4, 0.5) is 0 Å². The van der Waals surface area contributed by atoms with Crippen molar-refractivity contribution in [1.82, 2.24) is 9.97 Å². The lowest BCUT2D eigenvalue weighted by Crippen LogP contribution is -2.05. The van der Waals surface area contributed by atoms with E-state index in [1.54, 1.807) is 0 Å². The highest BCUT2D eigenvalue weighted by atomic mass is 16.5. The van der Waals surface area contributed by atoms with Crippen molar-refractivity contribution in [3.8, 4) is 0 Å². The maximum Gasteiger partial charge on any atom is 0.106 e. The molecule has 16 heavy (non-hydrogen) atoms. The van der Waals surface area contributed by atoms with Crippen molar-refractivity contribution in [2.24, 2.45) is 0 Å². The molecule has 0 saturated carbocycles. The molecule has 1 aromatic heterocycles. The van der Waals surface area contributed by atoms with Crippen LogP contribution in [0.15, 0.2) is 0 Å². The first-order valence-electron chi connectivity index (χ1n) is 6.46. The van der Waals surface area contributed by atoms with Crippen LogP contribution in [-0.4, -0.2) is 23.2 Å². The normalized spacial score (nSPS) is 19.8. The first-order valence-corrected chi connectivity index (χ1v) is 6.46. The third kappa shape index (κ3) is 2.64. The molecule has 0 saturated heterocycles. The summed E-state index contributed by atoms with van der Waals surface area (Å²) >= 11 is 0. The Bertz CT molecular complexity index is 333. The van der Waals surface area contributed by atoms with Crippen LogP contribution in [0.2, 0.25) is 0 Å². The van der Waals surface area contributed by atoms with E-state index in [2.05, 4.69) is 11.9 Å². The molecule has 0 fully saturated rings. The van der Waals surface area contributed by atoms with Gasteiger partial charge in [0.25, 0.3) is 0 Å². The number of fused-ring (bicyclic) bond motifs is 1. The van der Waals surface area contributed by atoms with Gasteiger partial charge in [-0.1, -0.05) is 6.92 Å². The van der Waals surface area contributed by atoms with Crippen LogP contribution in [0.5, 0.6) is 0 Å². The highest BCUT2D eigenvalue weighted by molar-refractivity contribution is 5.21. The number of nitrogens with one attached hydrogen (secondary N) is 1. The minimum absolute atomic E-state index is 0.639. The Morgan fingerprint density at radius 2 is 2.38 bits per heavy atom. The predicted molar refractivity (Wildman–Crippen MR) is 64.8 cm³/mol. The average Bonchev–Trinajstić information content (AvgIpc) is 2.69. The molecule has 1 aliphatic rings. The largest absolute Gasteiger partial charge is 0.382 e. The Balaban J connectivity index is 1.91. The number of imidazole rings is 1. The van der Waals surface area contributed by atoms with Crippen LogP contribution < -0.4 is 0 Å². The van der Waals surface area contributed by atoms with Crippen molar-refractivity contribution in [3.05, 3.63) is 17.2 Å². The average molecular weight is 222 g/mol. The summed E-state index contributed by atoms with van der Waals surface area (Å²) in [5.74, 6) is 1.79. The van der Waals surface area contributed by atoms with Gasteiger partial charge in [-0.3, -0.25) is 0 Å². The molecule has 0 aromatic carbocycles. The SMILES string of the molecule is CCOCCCc1nc2c([nH]1)CCCC2C. The predicted octanol–water partition coefficient (Wildman–Crippen LogP) is 2.82. The van der Waals surface area contributed by atoms with Crippen molar-refractivity contribution in [2.75, 3.05) is 13.2 Å². The smallest absolute Gasteiger partial charge is 0.106 e. The van der Waals surface area contributed by atoms with E-state index in [0.29, 0.717) is 5.92 Å². The lowest BCUT2D eigenvalue weighted by Gasteiger charge is -2.15. The molecule has 3 heteroatoms. The lowest BCUT2D eigenvalue weighted by molar-refractivity contribution is 0.145. The number of aromatic nitrogens is 2. The van der Waals surface area contributed by atoms with Gasteiger partial charge in [-0.15, -0.1) is 0 Å². The molecule has 0 bridgehead atoms. The van der Waals surface area contributed by atoms with E-state index in [1.165, 1.54) is 30.7 Å². The van der Waals surface area contributed by atoms with Crippen LogP contribution >= 0.6 is 0 Å². The number of rotatable bonds is 5. The molecule has 1 aliphatic carbocycles. The second kappa shape index (κ2) is 5.48. The van der Waals surface area contributed by atoms with Crippen LogP contribution in [0.1, 0.15) is 56.2 Å². The molecule has 1 heterocycles. The molecule has 3 nitrogen and oxygen atoms in total. The van der Waals surface area contributed by atoms with Gasteiger partial charge < -0.3 is 9.72 Å². The number of aryl methyl sites for hydroxylation is 2. The minimum atomic E-state index is 0.639. The Morgan fingerprint density at radius 1 is 1.50 bits per heavy atom. The molecule has 1 unspecified atom stereocenters. The summed E-state index contributed by atoms with van der Waals surface area (Å²) in [6, 6.07) is 0. The van der Waals surface area contributed by atoms with E-state index in [-0.39, 0.29) is 0 Å². The molecule has 0 amide bonds. The van der Waals surface area contributed by atoms with E-state index in [1.807, 2.05) is 6.92 Å². The van der Waals surface area contributed by atoms with Crippen LogP contribution in [-0.2, 0) is 17.6 Å². The van der Waals surface area contributed by atoms with E-state index >= 15 is 0 Å². The third-order valence-corrected chi connectivity index (χ3v) is 3.30. The Hall–Kier alpha value is -0.830. The van der Waals surface area contributed by atoms with Gasteiger partial charge in [0.1, 0.15) is 5.82 Å². The highest BCUT2D eigenvalue weighted by Crippen LogP contribution is 2.29. The molecule has 90 valence electrons. The van der Waals surface area contributed by atoms with Gasteiger partial charge in [0.2, 0.25) is 0 Å². The molecular weight excluding hydrogens is 200 g/mol. The minimum Gasteiger partial charge on any atom is -0.382 e. The quantitative estimate of drug-likeness (QED) is 0.778. The number of ether oxygens (including phenoxy) is 1. The van der Waals surface area contributed by atoms with Crippen molar-refractivity contribution < 1.29 is 4.74 Å². The van der Waals surface area contributed by atoms with E-state index in [9.17, 15) is 0 Å². The summed E-state index contributed by atoms with van der Waals surface area (Å²) in [7, 11) is 0. The lowest BCUT2D eigenvalue weighted by atomic mass is 9.92. The van der Waals surface area contributed by atoms with Crippen LogP contribution in [0.3, 0.4) is 0 Å². The van der Waals surface area contributed by atoms with E-state index in [0.717, 1.165) is 31.9 Å². The fraction of sp³-hybridized carbons (Fsp3) is 0.769. The Kier molecular flexibility index (Phi) is 3.99. The molecule has 1 atom stereocenters. The third-order valence-electron chi connectivity index (χ3n) is 3.30. The summed E-state index contributed by atoms with van der Waals surface area (Å²) in [6.07, 6.45) is 5.84. The molecule has 0 aliphatic heterocycles.